The highest BCUT2D eigenvalue weighted by Crippen LogP contribution is 2.23. The van der Waals surface area contributed by atoms with Crippen LogP contribution < -0.4 is 4.90 Å². The minimum absolute atomic E-state index is 0.00594. The first-order valence-corrected chi connectivity index (χ1v) is 7.84. The summed E-state index contributed by atoms with van der Waals surface area (Å²) in [5, 5.41) is 9.15. The Morgan fingerprint density at radius 1 is 1.25 bits per heavy atom. The van der Waals surface area contributed by atoms with E-state index in [1.165, 1.54) is 6.07 Å². The molecule has 1 atom stereocenters. The Balaban J connectivity index is 1.81. The number of anilines is 1. The summed E-state index contributed by atoms with van der Waals surface area (Å²) in [6.45, 7) is 2.91. The zero-order chi connectivity index (χ0) is 17.1. The van der Waals surface area contributed by atoms with Crippen LogP contribution >= 0.6 is 0 Å². The van der Waals surface area contributed by atoms with Crippen LogP contribution in [0.1, 0.15) is 39.5 Å². The number of pyridine rings is 1. The largest absolute Gasteiger partial charge is 0.477 e. The maximum atomic E-state index is 12.6. The molecule has 1 unspecified atom stereocenters. The zero-order valence-corrected chi connectivity index (χ0v) is 13.3. The van der Waals surface area contributed by atoms with Crippen LogP contribution in [0.25, 0.3) is 0 Å². The first-order valence-electron chi connectivity index (χ1n) is 7.84. The fourth-order valence-corrected chi connectivity index (χ4v) is 2.89. The van der Waals surface area contributed by atoms with Crippen molar-refractivity contribution in [1.29, 1.82) is 0 Å². The van der Waals surface area contributed by atoms with Gasteiger partial charge in [0.05, 0.1) is 0 Å². The lowest BCUT2D eigenvalue weighted by atomic mass is 9.92. The number of rotatable bonds is 4. The maximum Gasteiger partial charge on any atom is 0.354 e. The molecule has 1 N–H and O–H groups in total. The number of ketones is 1. The molecule has 2 aromatic heterocycles. The molecule has 0 aromatic carbocycles. The van der Waals surface area contributed by atoms with E-state index in [1.54, 1.807) is 31.3 Å². The SMILES string of the molecule is Cc1cc(C(=O)O)nc(N2CCCC(C(=O)c3ccccn3)C2)n1. The van der Waals surface area contributed by atoms with E-state index >= 15 is 0 Å². The molecule has 24 heavy (non-hydrogen) atoms. The summed E-state index contributed by atoms with van der Waals surface area (Å²) in [4.78, 5) is 38.2. The Bertz CT molecular complexity index is 764. The number of nitrogens with zero attached hydrogens (tertiary/aromatic N) is 4. The van der Waals surface area contributed by atoms with Gasteiger partial charge in [0.1, 0.15) is 5.69 Å². The lowest BCUT2D eigenvalue weighted by molar-refractivity contribution is 0.0689. The third-order valence-corrected chi connectivity index (χ3v) is 4.05. The van der Waals surface area contributed by atoms with Gasteiger partial charge in [-0.1, -0.05) is 6.07 Å². The van der Waals surface area contributed by atoms with E-state index in [2.05, 4.69) is 15.0 Å². The molecule has 1 fully saturated rings. The number of hydrogen-bond donors (Lipinski definition) is 1. The first kappa shape index (κ1) is 16.0. The average Bonchev–Trinajstić information content (AvgIpc) is 2.61. The number of carboxylic acid groups (broad SMARTS) is 1. The van der Waals surface area contributed by atoms with Crippen LogP contribution in [-0.2, 0) is 0 Å². The second kappa shape index (κ2) is 6.74. The highest BCUT2D eigenvalue weighted by molar-refractivity contribution is 5.96. The first-order chi connectivity index (χ1) is 11.5. The van der Waals surface area contributed by atoms with Gasteiger partial charge in [0.15, 0.2) is 11.5 Å². The molecule has 0 bridgehead atoms. The van der Waals surface area contributed by atoms with Gasteiger partial charge in [-0.05, 0) is 38.0 Å². The molecule has 0 spiro atoms. The predicted octanol–water partition coefficient (Wildman–Crippen LogP) is 1.98. The van der Waals surface area contributed by atoms with Gasteiger partial charge in [-0.25, -0.2) is 14.8 Å². The molecule has 1 saturated heterocycles. The Hall–Kier alpha value is -2.83. The standard InChI is InChI=1S/C17H18N4O3/c1-11-9-14(16(23)24)20-17(19-11)21-8-4-5-12(10-21)15(22)13-6-2-3-7-18-13/h2-3,6-7,9,12H,4-5,8,10H2,1H3,(H,23,24). The number of aromatic nitrogens is 3. The van der Waals surface area contributed by atoms with Crippen molar-refractivity contribution in [3.05, 3.63) is 47.5 Å². The fraction of sp³-hybridized carbons (Fsp3) is 0.353. The molecule has 7 nitrogen and oxygen atoms in total. The van der Waals surface area contributed by atoms with Gasteiger partial charge in [0.25, 0.3) is 0 Å². The van der Waals surface area contributed by atoms with Gasteiger partial charge in [-0.2, -0.15) is 0 Å². The highest BCUT2D eigenvalue weighted by atomic mass is 16.4. The minimum Gasteiger partial charge on any atom is -0.477 e. The molecule has 0 saturated carbocycles. The summed E-state index contributed by atoms with van der Waals surface area (Å²) < 4.78 is 0. The summed E-state index contributed by atoms with van der Waals surface area (Å²) in [6, 6.07) is 6.72. The normalized spacial score (nSPS) is 17.5. The van der Waals surface area contributed by atoms with Crippen LogP contribution in [0.5, 0.6) is 0 Å². The maximum absolute atomic E-state index is 12.6. The van der Waals surface area contributed by atoms with Gasteiger partial charge in [0, 0.05) is 30.9 Å². The summed E-state index contributed by atoms with van der Waals surface area (Å²) in [5.74, 6) is -0.900. The molecular weight excluding hydrogens is 308 g/mol. The summed E-state index contributed by atoms with van der Waals surface area (Å²) in [6.07, 6.45) is 3.21. The van der Waals surface area contributed by atoms with Crippen molar-refractivity contribution in [1.82, 2.24) is 15.0 Å². The van der Waals surface area contributed by atoms with Gasteiger partial charge < -0.3 is 10.0 Å². The number of carboxylic acids is 1. The van der Waals surface area contributed by atoms with Crippen molar-refractivity contribution in [2.75, 3.05) is 18.0 Å². The monoisotopic (exact) mass is 326 g/mol. The van der Waals surface area contributed by atoms with Gasteiger partial charge in [-0.3, -0.25) is 9.78 Å². The average molecular weight is 326 g/mol. The Morgan fingerprint density at radius 2 is 2.08 bits per heavy atom. The smallest absolute Gasteiger partial charge is 0.354 e. The van der Waals surface area contributed by atoms with E-state index < -0.39 is 5.97 Å². The van der Waals surface area contributed by atoms with Crippen molar-refractivity contribution in [2.45, 2.75) is 19.8 Å². The number of Topliss-reactive ketones (excluding diaryl/α,β-unsaturated/α-hetero) is 1. The molecule has 3 rings (SSSR count). The zero-order valence-electron chi connectivity index (χ0n) is 13.3. The minimum atomic E-state index is -1.08. The number of carbonyl (C=O) groups is 2. The summed E-state index contributed by atoms with van der Waals surface area (Å²) >= 11 is 0. The molecule has 7 heteroatoms. The third kappa shape index (κ3) is 3.40. The van der Waals surface area contributed by atoms with Crippen LogP contribution in [-0.4, -0.2) is 44.9 Å². The van der Waals surface area contributed by atoms with Crippen LogP contribution in [0.3, 0.4) is 0 Å². The summed E-state index contributed by atoms with van der Waals surface area (Å²) in [5.41, 5.74) is 1.02. The number of piperidine rings is 1. The Labute approximate surface area is 139 Å². The van der Waals surface area contributed by atoms with Crippen LogP contribution in [0.2, 0.25) is 0 Å². The number of aromatic carboxylic acids is 1. The molecule has 3 heterocycles. The van der Waals surface area contributed by atoms with Crippen LogP contribution in [0, 0.1) is 12.8 Å². The highest BCUT2D eigenvalue weighted by Gasteiger charge is 2.29. The molecule has 0 aliphatic carbocycles. The number of aryl methyl sites for hydroxylation is 1. The summed E-state index contributed by atoms with van der Waals surface area (Å²) in [7, 11) is 0. The van der Waals surface area contributed by atoms with Gasteiger partial charge in [-0.15, -0.1) is 0 Å². The van der Waals surface area contributed by atoms with E-state index in [9.17, 15) is 9.59 Å². The number of carbonyl (C=O) groups excluding carboxylic acids is 1. The van der Waals surface area contributed by atoms with E-state index in [4.69, 9.17) is 5.11 Å². The Morgan fingerprint density at radius 3 is 2.79 bits per heavy atom. The lowest BCUT2D eigenvalue weighted by Gasteiger charge is -2.32. The Kier molecular flexibility index (Phi) is 4.50. The molecular formula is C17H18N4O3. The van der Waals surface area contributed by atoms with Gasteiger partial charge in [0.2, 0.25) is 5.95 Å². The second-order valence-electron chi connectivity index (χ2n) is 5.86. The van der Waals surface area contributed by atoms with Crippen LogP contribution in [0.4, 0.5) is 5.95 Å². The molecule has 0 amide bonds. The molecule has 0 radical (unpaired) electrons. The molecule has 1 aliphatic heterocycles. The van der Waals surface area contributed by atoms with Gasteiger partial charge >= 0.3 is 5.97 Å². The predicted molar refractivity (Wildman–Crippen MR) is 87.2 cm³/mol. The van der Waals surface area contributed by atoms with E-state index in [-0.39, 0.29) is 17.4 Å². The topological polar surface area (TPSA) is 96.3 Å². The lowest BCUT2D eigenvalue weighted by Crippen LogP contribution is -2.40. The quantitative estimate of drug-likeness (QED) is 0.858. The van der Waals surface area contributed by atoms with Crippen LogP contribution in [0.15, 0.2) is 30.5 Å². The van der Waals surface area contributed by atoms with E-state index in [0.29, 0.717) is 30.4 Å². The van der Waals surface area contributed by atoms with E-state index in [1.807, 2.05) is 4.90 Å². The van der Waals surface area contributed by atoms with Crippen molar-refractivity contribution < 1.29 is 14.7 Å². The fourth-order valence-electron chi connectivity index (χ4n) is 2.89. The molecule has 124 valence electrons. The van der Waals surface area contributed by atoms with Crippen molar-refractivity contribution in [3.63, 3.8) is 0 Å². The molecule has 2 aromatic rings. The van der Waals surface area contributed by atoms with E-state index in [0.717, 1.165) is 12.8 Å². The van der Waals surface area contributed by atoms with Crippen molar-refractivity contribution in [3.8, 4) is 0 Å². The number of hydrogen-bond acceptors (Lipinski definition) is 6. The second-order valence-corrected chi connectivity index (χ2v) is 5.86. The molecule has 1 aliphatic rings. The van der Waals surface area contributed by atoms with Crippen molar-refractivity contribution >= 4 is 17.7 Å². The van der Waals surface area contributed by atoms with Crippen molar-refractivity contribution in [2.24, 2.45) is 5.92 Å². The third-order valence-electron chi connectivity index (χ3n) is 4.05.